The summed E-state index contributed by atoms with van der Waals surface area (Å²) < 4.78 is 34.9. The lowest BCUT2D eigenvalue weighted by molar-refractivity contribution is -0.00383. The number of benzene rings is 1. The van der Waals surface area contributed by atoms with Crippen LogP contribution in [0.5, 0.6) is 0 Å². The number of ether oxygens (including phenoxy) is 1. The van der Waals surface area contributed by atoms with Gasteiger partial charge in [-0.2, -0.15) is 5.26 Å². The van der Waals surface area contributed by atoms with Crippen LogP contribution < -0.4 is 0 Å². The molecule has 0 spiro atoms. The molecule has 0 saturated carbocycles. The first-order chi connectivity index (χ1) is 14.8. The van der Waals surface area contributed by atoms with Gasteiger partial charge in [-0.05, 0) is 30.2 Å². The van der Waals surface area contributed by atoms with Crippen molar-refractivity contribution in [3.05, 3.63) is 35.1 Å². The third-order valence-electron chi connectivity index (χ3n) is 5.13. The molecule has 0 aromatic heterocycles. The normalized spacial score (nSPS) is 12.6. The fourth-order valence-electron chi connectivity index (χ4n) is 3.44. The van der Waals surface area contributed by atoms with Crippen LogP contribution in [0.1, 0.15) is 95.1 Å². The molecule has 0 fully saturated rings. The van der Waals surface area contributed by atoms with Gasteiger partial charge in [-0.3, -0.25) is 4.52 Å². The molecule has 0 radical (unpaired) electrons. The topological polar surface area (TPSA) is 99.8 Å². The van der Waals surface area contributed by atoms with Crippen LogP contribution >= 0.6 is 7.82 Å². The molecule has 0 aliphatic carbocycles. The zero-order valence-electron chi connectivity index (χ0n) is 18.6. The van der Waals surface area contributed by atoms with E-state index in [2.05, 4.69) is 11.4 Å². The van der Waals surface area contributed by atoms with Crippen molar-refractivity contribution in [2.45, 2.75) is 96.7 Å². The lowest BCUT2D eigenvalue weighted by Gasteiger charge is -2.18. The molecular weight excluding hydrogens is 420 g/mol. The summed E-state index contributed by atoms with van der Waals surface area (Å²) in [5.41, 5.74) is 0.698. The summed E-state index contributed by atoms with van der Waals surface area (Å²) in [5.74, 6) is -0.522. The number of hydrogen-bond donors (Lipinski definition) is 2. The maximum absolute atomic E-state index is 13.6. The Labute approximate surface area is 186 Å². The predicted octanol–water partition coefficient (Wildman–Crippen LogP) is 6.39. The zero-order chi connectivity index (χ0) is 23.0. The Morgan fingerprint density at radius 2 is 1.58 bits per heavy atom. The van der Waals surface area contributed by atoms with Crippen molar-refractivity contribution in [3.8, 4) is 6.07 Å². The van der Waals surface area contributed by atoms with E-state index < -0.39 is 19.7 Å². The highest BCUT2D eigenvalue weighted by Gasteiger charge is 2.19. The second-order valence-corrected chi connectivity index (χ2v) is 9.24. The Bertz CT molecular complexity index is 704. The Morgan fingerprint density at radius 3 is 2.13 bits per heavy atom. The van der Waals surface area contributed by atoms with Gasteiger partial charge < -0.3 is 14.5 Å². The standard InChI is InChI=1S/C23H37FNO5P/c1-2-3-4-5-6-7-8-9-10-11-12-13-23(19-30-31(26,27)28)29-18-21-14-20(17-25)15-22(24)16-21/h14-16,23H,2-13,18-19H2,1H3,(H2,26,27,28). The fraction of sp³-hybridized carbons (Fsp3) is 0.696. The number of rotatable bonds is 18. The number of phosphoric acid groups is 1. The summed E-state index contributed by atoms with van der Waals surface area (Å²) >= 11 is 0. The molecule has 2 N–H and O–H groups in total. The number of nitriles is 1. The van der Waals surface area contributed by atoms with Crippen molar-refractivity contribution in [1.29, 1.82) is 5.26 Å². The Morgan fingerprint density at radius 1 is 1.00 bits per heavy atom. The molecule has 1 rings (SSSR count). The number of hydrogen-bond acceptors (Lipinski definition) is 4. The Hall–Kier alpha value is -1.29. The first kappa shape index (κ1) is 27.7. The maximum Gasteiger partial charge on any atom is 0.469 e. The second-order valence-electron chi connectivity index (χ2n) is 8.00. The molecule has 0 amide bonds. The molecule has 0 heterocycles. The van der Waals surface area contributed by atoms with Crippen LogP contribution in [0.25, 0.3) is 0 Å². The summed E-state index contributed by atoms with van der Waals surface area (Å²) in [5, 5.41) is 8.94. The lowest BCUT2D eigenvalue weighted by atomic mass is 10.0. The minimum Gasteiger partial charge on any atom is -0.371 e. The van der Waals surface area contributed by atoms with Crippen molar-refractivity contribution < 1.29 is 28.0 Å². The van der Waals surface area contributed by atoms with Gasteiger partial charge in [0.05, 0.1) is 31.0 Å². The molecule has 1 aromatic carbocycles. The average Bonchev–Trinajstić information content (AvgIpc) is 2.72. The molecule has 1 aromatic rings. The van der Waals surface area contributed by atoms with Crippen molar-refractivity contribution >= 4 is 7.82 Å². The van der Waals surface area contributed by atoms with E-state index in [1.165, 1.54) is 63.5 Å². The first-order valence-electron chi connectivity index (χ1n) is 11.3. The van der Waals surface area contributed by atoms with Gasteiger partial charge >= 0.3 is 7.82 Å². The third-order valence-corrected chi connectivity index (χ3v) is 5.62. The number of unbranched alkanes of at least 4 members (excludes halogenated alkanes) is 10. The van der Waals surface area contributed by atoms with Crippen LogP contribution in [0.15, 0.2) is 18.2 Å². The average molecular weight is 458 g/mol. The van der Waals surface area contributed by atoms with E-state index in [0.717, 1.165) is 25.3 Å². The van der Waals surface area contributed by atoms with Gasteiger partial charge in [0, 0.05) is 0 Å². The molecule has 1 unspecified atom stereocenters. The van der Waals surface area contributed by atoms with E-state index in [-0.39, 0.29) is 18.8 Å². The maximum atomic E-state index is 13.6. The predicted molar refractivity (Wildman–Crippen MR) is 119 cm³/mol. The molecule has 31 heavy (non-hydrogen) atoms. The van der Waals surface area contributed by atoms with E-state index in [0.29, 0.717) is 12.0 Å². The van der Waals surface area contributed by atoms with Crippen LogP contribution in [0.2, 0.25) is 0 Å². The highest BCUT2D eigenvalue weighted by Crippen LogP contribution is 2.36. The third kappa shape index (κ3) is 15.2. The van der Waals surface area contributed by atoms with Gasteiger partial charge in [0.25, 0.3) is 0 Å². The summed E-state index contributed by atoms with van der Waals surface area (Å²) in [7, 11) is -4.59. The summed E-state index contributed by atoms with van der Waals surface area (Å²) in [6, 6.07) is 5.85. The summed E-state index contributed by atoms with van der Waals surface area (Å²) in [4.78, 5) is 17.9. The minimum atomic E-state index is -4.59. The van der Waals surface area contributed by atoms with E-state index >= 15 is 0 Å². The van der Waals surface area contributed by atoms with Crippen molar-refractivity contribution in [1.82, 2.24) is 0 Å². The van der Waals surface area contributed by atoms with Crippen molar-refractivity contribution in [2.75, 3.05) is 6.61 Å². The van der Waals surface area contributed by atoms with Gasteiger partial charge in [0.1, 0.15) is 5.82 Å². The van der Waals surface area contributed by atoms with E-state index in [9.17, 15) is 8.96 Å². The van der Waals surface area contributed by atoms with Gasteiger partial charge in [0.2, 0.25) is 0 Å². The van der Waals surface area contributed by atoms with Gasteiger partial charge in [-0.1, -0.05) is 77.6 Å². The second kappa shape index (κ2) is 16.4. The zero-order valence-corrected chi connectivity index (χ0v) is 19.5. The minimum absolute atomic E-state index is 0.0413. The Kier molecular flexibility index (Phi) is 14.6. The summed E-state index contributed by atoms with van der Waals surface area (Å²) in [6.45, 7) is 2.03. The monoisotopic (exact) mass is 457 g/mol. The molecule has 6 nitrogen and oxygen atoms in total. The van der Waals surface area contributed by atoms with Crippen LogP contribution in [-0.4, -0.2) is 22.5 Å². The quantitative estimate of drug-likeness (QED) is 0.196. The molecule has 0 aliphatic heterocycles. The highest BCUT2D eigenvalue weighted by atomic mass is 31.2. The number of halogens is 1. The van der Waals surface area contributed by atoms with Crippen LogP contribution in [0, 0.1) is 17.1 Å². The van der Waals surface area contributed by atoms with Crippen molar-refractivity contribution in [3.63, 3.8) is 0 Å². The van der Waals surface area contributed by atoms with E-state index in [1.54, 1.807) is 0 Å². The van der Waals surface area contributed by atoms with E-state index in [1.807, 2.05) is 6.07 Å². The SMILES string of the molecule is CCCCCCCCCCCCCC(COP(=O)(O)O)OCc1cc(F)cc(C#N)c1. The fourth-order valence-corrected chi connectivity index (χ4v) is 3.80. The van der Waals surface area contributed by atoms with Crippen LogP contribution in [0.3, 0.4) is 0 Å². The molecule has 176 valence electrons. The largest absolute Gasteiger partial charge is 0.469 e. The molecular formula is C23H37FNO5P. The van der Waals surface area contributed by atoms with E-state index in [4.69, 9.17) is 19.8 Å². The van der Waals surface area contributed by atoms with Gasteiger partial charge in [-0.25, -0.2) is 8.96 Å². The molecule has 1 atom stereocenters. The van der Waals surface area contributed by atoms with Gasteiger partial charge in [0.15, 0.2) is 0 Å². The molecule has 8 heteroatoms. The number of nitrogens with zero attached hydrogens (tertiary/aromatic N) is 1. The van der Waals surface area contributed by atoms with Crippen LogP contribution in [0.4, 0.5) is 4.39 Å². The lowest BCUT2D eigenvalue weighted by Crippen LogP contribution is -2.19. The number of phosphoric ester groups is 1. The molecule has 0 bridgehead atoms. The van der Waals surface area contributed by atoms with Crippen molar-refractivity contribution in [2.24, 2.45) is 0 Å². The van der Waals surface area contributed by atoms with Crippen LogP contribution in [-0.2, 0) is 20.4 Å². The van der Waals surface area contributed by atoms with Gasteiger partial charge in [-0.15, -0.1) is 0 Å². The smallest absolute Gasteiger partial charge is 0.371 e. The Balaban J connectivity index is 2.32. The first-order valence-corrected chi connectivity index (χ1v) is 12.9. The highest BCUT2D eigenvalue weighted by molar-refractivity contribution is 7.46. The molecule has 0 aliphatic rings. The molecule has 0 saturated heterocycles. The summed E-state index contributed by atoms with van der Waals surface area (Å²) in [6.07, 6.45) is 13.4.